The fraction of sp³-hybridized carbons (Fsp3) is 0.350. The molecule has 1 atom stereocenters. The number of nitrogens with one attached hydrogen (secondary N) is 2. The Hall–Kier alpha value is -2.94. The lowest BCUT2D eigenvalue weighted by Crippen LogP contribution is -2.27. The lowest BCUT2D eigenvalue weighted by atomic mass is 10.1. The molecular weight excluding hydrogens is 396 g/mol. The molecule has 1 unspecified atom stereocenters. The van der Waals surface area contributed by atoms with Crippen molar-refractivity contribution in [1.82, 2.24) is 5.32 Å². The Kier molecular flexibility index (Phi) is 6.97. The standard InChI is InChI=1S/C20H26N2O6S/c1-12-7-8-14(9-16(12)22-29(6,24)25)20(23)21-13(2)15-10-17(26-3)19(28-5)18(11-15)27-4/h7-11,13,22H,1-6H3,(H,21,23). The van der Waals surface area contributed by atoms with Gasteiger partial charge in [-0.15, -0.1) is 0 Å². The predicted molar refractivity (Wildman–Crippen MR) is 112 cm³/mol. The molecule has 0 saturated carbocycles. The molecule has 29 heavy (non-hydrogen) atoms. The zero-order valence-electron chi connectivity index (χ0n) is 17.3. The number of sulfonamides is 1. The number of hydrogen-bond acceptors (Lipinski definition) is 6. The van der Waals surface area contributed by atoms with E-state index in [-0.39, 0.29) is 11.9 Å². The van der Waals surface area contributed by atoms with Crippen LogP contribution in [0.15, 0.2) is 30.3 Å². The smallest absolute Gasteiger partial charge is 0.251 e. The van der Waals surface area contributed by atoms with E-state index in [2.05, 4.69) is 10.0 Å². The molecule has 2 aromatic rings. The van der Waals surface area contributed by atoms with E-state index in [9.17, 15) is 13.2 Å². The molecule has 0 aliphatic heterocycles. The maximum atomic E-state index is 12.7. The second-order valence-electron chi connectivity index (χ2n) is 6.56. The van der Waals surface area contributed by atoms with Crippen molar-refractivity contribution in [2.45, 2.75) is 19.9 Å². The number of amides is 1. The first-order valence-electron chi connectivity index (χ1n) is 8.78. The number of methoxy groups -OCH3 is 3. The Morgan fingerprint density at radius 3 is 2.07 bits per heavy atom. The number of rotatable bonds is 8. The molecule has 0 radical (unpaired) electrons. The quantitative estimate of drug-likeness (QED) is 0.678. The van der Waals surface area contributed by atoms with Crippen molar-refractivity contribution in [3.63, 3.8) is 0 Å². The summed E-state index contributed by atoms with van der Waals surface area (Å²) in [5.41, 5.74) is 2.17. The van der Waals surface area contributed by atoms with Crippen molar-refractivity contribution in [1.29, 1.82) is 0 Å². The third-order valence-corrected chi connectivity index (χ3v) is 4.92. The number of ether oxygens (including phenoxy) is 3. The van der Waals surface area contributed by atoms with Crippen LogP contribution < -0.4 is 24.2 Å². The molecule has 1 amide bonds. The topological polar surface area (TPSA) is 103 Å². The van der Waals surface area contributed by atoms with Gasteiger partial charge >= 0.3 is 0 Å². The minimum atomic E-state index is -3.45. The van der Waals surface area contributed by atoms with Crippen LogP contribution in [-0.4, -0.2) is 41.9 Å². The first-order chi connectivity index (χ1) is 13.6. The van der Waals surface area contributed by atoms with Gasteiger partial charge in [-0.2, -0.15) is 0 Å². The van der Waals surface area contributed by atoms with E-state index >= 15 is 0 Å². The molecule has 2 N–H and O–H groups in total. The van der Waals surface area contributed by atoms with Gasteiger partial charge in [0.15, 0.2) is 11.5 Å². The summed E-state index contributed by atoms with van der Waals surface area (Å²) in [5.74, 6) is 1.09. The first kappa shape index (κ1) is 22.4. The largest absolute Gasteiger partial charge is 0.493 e. The molecule has 0 aliphatic rings. The average Bonchev–Trinajstić information content (AvgIpc) is 2.67. The van der Waals surface area contributed by atoms with Crippen LogP contribution in [0.1, 0.15) is 34.5 Å². The maximum Gasteiger partial charge on any atom is 0.251 e. The van der Waals surface area contributed by atoms with E-state index in [0.29, 0.717) is 34.1 Å². The summed E-state index contributed by atoms with van der Waals surface area (Å²) < 4.78 is 41.5. The summed E-state index contributed by atoms with van der Waals surface area (Å²) in [7, 11) is 1.11. The average molecular weight is 423 g/mol. The highest BCUT2D eigenvalue weighted by Gasteiger charge is 2.19. The Bertz CT molecular complexity index is 979. The van der Waals surface area contributed by atoms with Crippen LogP contribution in [0.4, 0.5) is 5.69 Å². The molecule has 0 spiro atoms. The molecule has 9 heteroatoms. The summed E-state index contributed by atoms with van der Waals surface area (Å²) in [6.07, 6.45) is 1.06. The molecule has 0 heterocycles. The van der Waals surface area contributed by atoms with E-state index < -0.39 is 10.0 Å². The van der Waals surface area contributed by atoms with Crippen LogP contribution >= 0.6 is 0 Å². The second kappa shape index (κ2) is 9.04. The molecule has 0 bridgehead atoms. The normalized spacial score (nSPS) is 12.1. The van der Waals surface area contributed by atoms with Crippen molar-refractivity contribution in [3.05, 3.63) is 47.0 Å². The van der Waals surface area contributed by atoms with Gasteiger partial charge < -0.3 is 19.5 Å². The third kappa shape index (κ3) is 5.54. The van der Waals surface area contributed by atoms with Crippen LogP contribution in [0.3, 0.4) is 0 Å². The van der Waals surface area contributed by atoms with Gasteiger partial charge in [0.1, 0.15) is 0 Å². The summed E-state index contributed by atoms with van der Waals surface area (Å²) in [6.45, 7) is 3.58. The Labute approximate surface area is 171 Å². The molecule has 0 aromatic heterocycles. The number of aryl methyl sites for hydroxylation is 1. The maximum absolute atomic E-state index is 12.7. The SMILES string of the molecule is COc1cc(C(C)NC(=O)c2ccc(C)c(NS(C)(=O)=O)c2)cc(OC)c1OC. The molecule has 8 nitrogen and oxygen atoms in total. The Morgan fingerprint density at radius 2 is 1.59 bits per heavy atom. The van der Waals surface area contributed by atoms with Crippen LogP contribution in [0.5, 0.6) is 17.2 Å². The molecule has 0 fully saturated rings. The van der Waals surface area contributed by atoms with Gasteiger partial charge in [0.25, 0.3) is 5.91 Å². The van der Waals surface area contributed by atoms with Gasteiger partial charge in [0, 0.05) is 5.56 Å². The number of carbonyl (C=O) groups is 1. The second-order valence-corrected chi connectivity index (χ2v) is 8.31. The highest BCUT2D eigenvalue weighted by Crippen LogP contribution is 2.39. The van der Waals surface area contributed by atoms with Crippen molar-refractivity contribution in [3.8, 4) is 17.2 Å². The van der Waals surface area contributed by atoms with E-state index in [4.69, 9.17) is 14.2 Å². The van der Waals surface area contributed by atoms with Gasteiger partial charge in [-0.1, -0.05) is 6.07 Å². The van der Waals surface area contributed by atoms with Crippen LogP contribution in [-0.2, 0) is 10.0 Å². The molecule has 2 aromatic carbocycles. The van der Waals surface area contributed by atoms with Gasteiger partial charge in [-0.05, 0) is 49.2 Å². The van der Waals surface area contributed by atoms with E-state index in [1.165, 1.54) is 27.4 Å². The molecule has 158 valence electrons. The van der Waals surface area contributed by atoms with Crippen molar-refractivity contribution < 1.29 is 27.4 Å². The monoisotopic (exact) mass is 422 g/mol. The lowest BCUT2D eigenvalue weighted by Gasteiger charge is -2.19. The highest BCUT2D eigenvalue weighted by molar-refractivity contribution is 7.92. The minimum Gasteiger partial charge on any atom is -0.493 e. The van der Waals surface area contributed by atoms with Crippen LogP contribution in [0, 0.1) is 6.92 Å². The van der Waals surface area contributed by atoms with Gasteiger partial charge in [0.05, 0.1) is 39.3 Å². The Balaban J connectivity index is 2.28. The van der Waals surface area contributed by atoms with Gasteiger partial charge in [-0.25, -0.2) is 8.42 Å². The summed E-state index contributed by atoms with van der Waals surface area (Å²) in [6, 6.07) is 7.99. The van der Waals surface area contributed by atoms with Gasteiger partial charge in [0.2, 0.25) is 15.8 Å². The predicted octanol–water partition coefficient (Wildman–Crippen LogP) is 2.88. The van der Waals surface area contributed by atoms with E-state index in [1.54, 1.807) is 31.2 Å². The van der Waals surface area contributed by atoms with Crippen LogP contribution in [0.2, 0.25) is 0 Å². The number of carbonyl (C=O) groups excluding carboxylic acids is 1. The lowest BCUT2D eigenvalue weighted by molar-refractivity contribution is 0.0939. The fourth-order valence-corrected chi connectivity index (χ4v) is 3.41. The summed E-state index contributed by atoms with van der Waals surface area (Å²) >= 11 is 0. The van der Waals surface area contributed by atoms with Crippen LogP contribution in [0.25, 0.3) is 0 Å². The highest BCUT2D eigenvalue weighted by atomic mass is 32.2. The molecule has 0 aliphatic carbocycles. The first-order valence-corrected chi connectivity index (χ1v) is 10.7. The number of benzene rings is 2. The zero-order chi connectivity index (χ0) is 21.8. The molecule has 2 rings (SSSR count). The van der Waals surface area contributed by atoms with Gasteiger partial charge in [-0.3, -0.25) is 9.52 Å². The summed E-state index contributed by atoms with van der Waals surface area (Å²) in [4.78, 5) is 12.7. The summed E-state index contributed by atoms with van der Waals surface area (Å²) in [5, 5.41) is 2.89. The fourth-order valence-electron chi connectivity index (χ4n) is 2.79. The van der Waals surface area contributed by atoms with E-state index in [0.717, 1.165) is 11.8 Å². The minimum absolute atomic E-state index is 0.334. The third-order valence-electron chi connectivity index (χ3n) is 4.33. The van der Waals surface area contributed by atoms with Crippen molar-refractivity contribution >= 4 is 21.6 Å². The zero-order valence-corrected chi connectivity index (χ0v) is 18.1. The molecular formula is C20H26N2O6S. The number of hydrogen-bond donors (Lipinski definition) is 2. The number of anilines is 1. The molecule has 0 saturated heterocycles. The van der Waals surface area contributed by atoms with Crippen molar-refractivity contribution in [2.75, 3.05) is 32.3 Å². The van der Waals surface area contributed by atoms with E-state index in [1.807, 2.05) is 6.92 Å². The van der Waals surface area contributed by atoms with Crippen molar-refractivity contribution in [2.24, 2.45) is 0 Å². The Morgan fingerprint density at radius 1 is 1.00 bits per heavy atom.